The maximum Gasteiger partial charge on any atom is 0.417 e. The highest BCUT2D eigenvalue weighted by Gasteiger charge is 2.45. The van der Waals surface area contributed by atoms with Crippen LogP contribution in [0.3, 0.4) is 0 Å². The smallest absolute Gasteiger partial charge is 0.389 e. The molecule has 2 saturated heterocycles. The van der Waals surface area contributed by atoms with Gasteiger partial charge in [-0.05, 0) is 70.8 Å². The van der Waals surface area contributed by atoms with E-state index in [9.17, 15) is 28.2 Å². The highest BCUT2D eigenvalue weighted by molar-refractivity contribution is 7.17. The third-order valence-corrected chi connectivity index (χ3v) is 9.09. The Kier molecular flexibility index (Phi) is 7.68. The SMILES string of the molecule is CC[C@H](Nc1cc(C(F)(F)F)c(-c2sc(C(=O)NCC(C)(C)O)nc2C(O)N2C3CCC2CC3)cn1)C1CC1. The van der Waals surface area contributed by atoms with Crippen molar-refractivity contribution in [3.8, 4) is 10.4 Å². The fourth-order valence-corrected chi connectivity index (χ4v) is 6.88. The minimum absolute atomic E-state index is 0.0321. The van der Waals surface area contributed by atoms with Crippen molar-refractivity contribution < 1.29 is 28.2 Å². The Labute approximate surface area is 230 Å². The largest absolute Gasteiger partial charge is 0.417 e. The monoisotopic (exact) mass is 567 g/mol. The predicted molar refractivity (Wildman–Crippen MR) is 142 cm³/mol. The number of aliphatic hydroxyl groups excluding tert-OH is 1. The molecule has 1 aliphatic carbocycles. The molecule has 0 radical (unpaired) electrons. The van der Waals surface area contributed by atoms with Gasteiger partial charge in [0, 0.05) is 36.4 Å². The van der Waals surface area contributed by atoms with Crippen LogP contribution in [-0.2, 0) is 6.18 Å². The van der Waals surface area contributed by atoms with Crippen molar-refractivity contribution in [1.82, 2.24) is 20.2 Å². The van der Waals surface area contributed by atoms with E-state index in [0.717, 1.165) is 62.3 Å². The van der Waals surface area contributed by atoms with Crippen LogP contribution < -0.4 is 10.6 Å². The van der Waals surface area contributed by atoms with Gasteiger partial charge in [0.1, 0.15) is 11.5 Å². The molecule has 2 atom stereocenters. The number of hydrogen-bond acceptors (Lipinski definition) is 8. The van der Waals surface area contributed by atoms with E-state index in [4.69, 9.17) is 0 Å². The lowest BCUT2D eigenvalue weighted by Crippen LogP contribution is -2.38. The lowest BCUT2D eigenvalue weighted by molar-refractivity contribution is -0.137. The summed E-state index contributed by atoms with van der Waals surface area (Å²) in [6.07, 6.45) is 1.76. The number of rotatable bonds is 10. The van der Waals surface area contributed by atoms with Crippen molar-refractivity contribution in [3.63, 3.8) is 0 Å². The first kappa shape index (κ1) is 28.3. The summed E-state index contributed by atoms with van der Waals surface area (Å²) in [4.78, 5) is 23.6. The van der Waals surface area contributed by atoms with Gasteiger partial charge in [-0.1, -0.05) is 6.92 Å². The van der Waals surface area contributed by atoms with E-state index in [2.05, 4.69) is 20.6 Å². The van der Waals surface area contributed by atoms with Gasteiger partial charge < -0.3 is 20.8 Å². The average molecular weight is 568 g/mol. The Morgan fingerprint density at radius 1 is 1.18 bits per heavy atom. The molecule has 1 saturated carbocycles. The van der Waals surface area contributed by atoms with Crippen molar-refractivity contribution in [2.24, 2.45) is 5.92 Å². The average Bonchev–Trinajstić information content (AvgIpc) is 3.32. The summed E-state index contributed by atoms with van der Waals surface area (Å²) in [6, 6.07) is 1.34. The standard InChI is InChI=1S/C27H36F3N5O3S/c1-4-19(14-5-6-14)33-20-11-18(27(28,29)30)17(12-31-20)22-21(25(37)35-15-7-8-16(35)10-9-15)34-24(39-22)23(36)32-13-26(2,3)38/h11-12,14-16,19,25,37-38H,4-10,13H2,1-3H3,(H,31,33)(H,32,36)/t15?,16?,19-,25?/m0/s1. The zero-order valence-corrected chi connectivity index (χ0v) is 23.2. The van der Waals surface area contributed by atoms with Gasteiger partial charge in [0.15, 0.2) is 11.2 Å². The molecule has 4 N–H and O–H groups in total. The fourth-order valence-electron chi connectivity index (χ4n) is 5.85. The normalized spacial score (nSPS) is 23.2. The van der Waals surface area contributed by atoms with E-state index >= 15 is 0 Å². The quantitative estimate of drug-likeness (QED) is 0.322. The molecule has 2 bridgehead atoms. The van der Waals surface area contributed by atoms with Crippen molar-refractivity contribution in [3.05, 3.63) is 28.5 Å². The van der Waals surface area contributed by atoms with Crippen molar-refractivity contribution in [2.75, 3.05) is 11.9 Å². The summed E-state index contributed by atoms with van der Waals surface area (Å²) in [5.41, 5.74) is -2.26. The number of halogens is 3. The van der Waals surface area contributed by atoms with E-state index in [1.165, 1.54) is 20.0 Å². The van der Waals surface area contributed by atoms with E-state index in [1.807, 2.05) is 11.8 Å². The first-order valence-corrected chi connectivity index (χ1v) is 14.5. The molecule has 1 amide bonds. The number of nitrogens with zero attached hydrogens (tertiary/aromatic N) is 3. The number of carbonyl (C=O) groups excluding carboxylic acids is 1. The van der Waals surface area contributed by atoms with Crippen molar-refractivity contribution in [2.45, 2.75) is 102 Å². The lowest BCUT2D eigenvalue weighted by atomic mass is 10.0. The number of hydrogen-bond donors (Lipinski definition) is 4. The second kappa shape index (κ2) is 10.6. The number of carbonyl (C=O) groups is 1. The highest BCUT2D eigenvalue weighted by atomic mass is 32.1. The van der Waals surface area contributed by atoms with Gasteiger partial charge in [-0.25, -0.2) is 9.97 Å². The Hall–Kier alpha value is -2.28. The van der Waals surface area contributed by atoms with E-state index in [1.54, 1.807) is 0 Å². The second-order valence-electron chi connectivity index (χ2n) is 11.6. The molecule has 3 aliphatic rings. The van der Waals surface area contributed by atoms with Gasteiger partial charge in [0.05, 0.1) is 16.0 Å². The summed E-state index contributed by atoms with van der Waals surface area (Å²) in [5, 5.41) is 27.1. The Balaban J connectivity index is 1.54. The molecule has 39 heavy (non-hydrogen) atoms. The first-order valence-electron chi connectivity index (χ1n) is 13.7. The van der Waals surface area contributed by atoms with Gasteiger partial charge in [0.2, 0.25) is 0 Å². The highest BCUT2D eigenvalue weighted by Crippen LogP contribution is 2.47. The second-order valence-corrected chi connectivity index (χ2v) is 12.6. The Morgan fingerprint density at radius 3 is 2.36 bits per heavy atom. The zero-order valence-electron chi connectivity index (χ0n) is 22.4. The summed E-state index contributed by atoms with van der Waals surface area (Å²) in [7, 11) is 0. The number of aromatic nitrogens is 2. The number of alkyl halides is 3. The van der Waals surface area contributed by atoms with Crippen molar-refractivity contribution >= 4 is 23.1 Å². The Bertz CT molecular complexity index is 1190. The van der Waals surface area contributed by atoms with Crippen LogP contribution in [0.4, 0.5) is 19.0 Å². The van der Waals surface area contributed by atoms with Gasteiger partial charge in [-0.3, -0.25) is 9.69 Å². The summed E-state index contributed by atoms with van der Waals surface area (Å²) >= 11 is 0.799. The predicted octanol–water partition coefficient (Wildman–Crippen LogP) is 4.94. The number of thiazole rings is 1. The van der Waals surface area contributed by atoms with Gasteiger partial charge in [-0.15, -0.1) is 11.3 Å². The molecule has 5 rings (SSSR count). The number of aliphatic hydroxyl groups is 2. The minimum Gasteiger partial charge on any atom is -0.389 e. The molecule has 214 valence electrons. The maximum absolute atomic E-state index is 14.4. The fraction of sp³-hybridized carbons (Fsp3) is 0.667. The number of anilines is 1. The van der Waals surface area contributed by atoms with Gasteiger partial charge in [-0.2, -0.15) is 13.2 Å². The van der Waals surface area contributed by atoms with Crippen LogP contribution in [0.2, 0.25) is 0 Å². The van der Waals surface area contributed by atoms with Gasteiger partial charge in [0.25, 0.3) is 5.91 Å². The molecule has 3 fully saturated rings. The number of amides is 1. The number of nitrogens with one attached hydrogen (secondary N) is 2. The topological polar surface area (TPSA) is 111 Å². The van der Waals surface area contributed by atoms with Crippen LogP contribution in [0.5, 0.6) is 0 Å². The third-order valence-electron chi connectivity index (χ3n) is 7.98. The molecule has 12 heteroatoms. The molecule has 0 aromatic carbocycles. The van der Waals surface area contributed by atoms with Crippen LogP contribution >= 0.6 is 11.3 Å². The van der Waals surface area contributed by atoms with E-state index in [-0.39, 0.29) is 51.6 Å². The third kappa shape index (κ3) is 6.08. The molecule has 8 nitrogen and oxygen atoms in total. The van der Waals surface area contributed by atoms with E-state index in [0.29, 0.717) is 5.92 Å². The molecule has 2 aromatic rings. The first-order chi connectivity index (χ1) is 18.4. The van der Waals surface area contributed by atoms with Crippen LogP contribution in [0.15, 0.2) is 12.3 Å². The molecule has 1 unspecified atom stereocenters. The van der Waals surface area contributed by atoms with Crippen molar-refractivity contribution in [1.29, 1.82) is 0 Å². The molecule has 2 aliphatic heterocycles. The summed E-state index contributed by atoms with van der Waals surface area (Å²) < 4.78 is 43.3. The van der Waals surface area contributed by atoms with Crippen LogP contribution in [0.1, 0.15) is 93.0 Å². The molecule has 0 spiro atoms. The summed E-state index contributed by atoms with van der Waals surface area (Å²) in [5.74, 6) is -0.0340. The van der Waals surface area contributed by atoms with Crippen LogP contribution in [-0.4, -0.2) is 61.3 Å². The van der Waals surface area contributed by atoms with Gasteiger partial charge >= 0.3 is 6.18 Å². The summed E-state index contributed by atoms with van der Waals surface area (Å²) in [6.45, 7) is 4.99. The molecular weight excluding hydrogens is 531 g/mol. The molecular formula is C27H36F3N5O3S. The van der Waals surface area contributed by atoms with Crippen LogP contribution in [0, 0.1) is 5.92 Å². The number of fused-ring (bicyclic) bond motifs is 2. The van der Waals surface area contributed by atoms with E-state index < -0.39 is 29.5 Å². The minimum atomic E-state index is -4.70. The maximum atomic E-state index is 14.4. The Morgan fingerprint density at radius 2 is 1.82 bits per heavy atom. The molecule has 4 heterocycles. The number of pyridine rings is 1. The lowest BCUT2D eigenvalue weighted by Gasteiger charge is -2.27. The molecule has 2 aromatic heterocycles. The van der Waals surface area contributed by atoms with Crippen LogP contribution in [0.25, 0.3) is 10.4 Å². The zero-order chi connectivity index (χ0) is 28.1.